The van der Waals surface area contributed by atoms with Gasteiger partial charge in [-0.15, -0.1) is 0 Å². The second-order valence-electron chi connectivity index (χ2n) is 7.52. The van der Waals surface area contributed by atoms with Crippen LogP contribution in [0.15, 0.2) is 42.5 Å². The first-order valence-corrected chi connectivity index (χ1v) is 11.4. The molecule has 0 saturated carbocycles. The number of anilines is 1. The van der Waals surface area contributed by atoms with Gasteiger partial charge >= 0.3 is 0 Å². The Labute approximate surface area is 171 Å². The highest BCUT2D eigenvalue weighted by Crippen LogP contribution is 2.26. The summed E-state index contributed by atoms with van der Waals surface area (Å²) in [4.78, 5) is 14.7. The third kappa shape index (κ3) is 5.30. The van der Waals surface area contributed by atoms with E-state index in [9.17, 15) is 4.79 Å². The predicted octanol–water partition coefficient (Wildman–Crippen LogP) is 3.78. The second-order valence-corrected chi connectivity index (χ2v) is 8.75. The van der Waals surface area contributed by atoms with Crippen molar-refractivity contribution in [2.75, 3.05) is 43.1 Å². The second kappa shape index (κ2) is 9.48. The number of carbonyl (C=O) groups excluding carboxylic acids is 1. The molecule has 1 fully saturated rings. The molecule has 0 radical (unpaired) electrons. The van der Waals surface area contributed by atoms with Gasteiger partial charge in [-0.1, -0.05) is 18.2 Å². The van der Waals surface area contributed by atoms with Crippen LogP contribution in [0, 0.1) is 0 Å². The van der Waals surface area contributed by atoms with Gasteiger partial charge in [0.05, 0.1) is 0 Å². The van der Waals surface area contributed by atoms with E-state index in [0.717, 1.165) is 37.2 Å². The van der Waals surface area contributed by atoms with Crippen LogP contribution in [0.25, 0.3) is 0 Å². The standard InChI is InChI=1S/C23H28N2O2S/c26-23(17-27-22-9-6-19-2-1-3-20(19)16-22)24-21-7-4-18(5-8-21)10-11-25-12-14-28-15-13-25/h4-9,16H,1-3,10-15,17H2,(H,24,26). The Morgan fingerprint density at radius 1 is 1.04 bits per heavy atom. The number of nitrogens with one attached hydrogen (secondary N) is 1. The topological polar surface area (TPSA) is 41.6 Å². The number of fused-ring (bicyclic) bond motifs is 1. The van der Waals surface area contributed by atoms with Crippen LogP contribution in [-0.2, 0) is 24.1 Å². The zero-order chi connectivity index (χ0) is 19.2. The Morgan fingerprint density at radius 2 is 1.82 bits per heavy atom. The van der Waals surface area contributed by atoms with E-state index in [1.807, 2.05) is 30.0 Å². The van der Waals surface area contributed by atoms with Gasteiger partial charge in [-0.2, -0.15) is 11.8 Å². The molecule has 0 bridgehead atoms. The van der Waals surface area contributed by atoms with Crippen molar-refractivity contribution >= 4 is 23.4 Å². The quantitative estimate of drug-likeness (QED) is 0.773. The van der Waals surface area contributed by atoms with Crippen molar-refractivity contribution in [3.8, 4) is 5.75 Å². The number of thioether (sulfide) groups is 1. The van der Waals surface area contributed by atoms with E-state index in [1.165, 1.54) is 47.7 Å². The van der Waals surface area contributed by atoms with E-state index in [4.69, 9.17) is 4.74 Å². The highest BCUT2D eigenvalue weighted by atomic mass is 32.2. The molecule has 1 N–H and O–H groups in total. The van der Waals surface area contributed by atoms with Crippen LogP contribution < -0.4 is 10.1 Å². The summed E-state index contributed by atoms with van der Waals surface area (Å²) in [6, 6.07) is 14.3. The molecule has 4 rings (SSSR count). The number of ether oxygens (including phenoxy) is 1. The highest BCUT2D eigenvalue weighted by molar-refractivity contribution is 7.99. The lowest BCUT2D eigenvalue weighted by molar-refractivity contribution is -0.118. The first-order valence-electron chi connectivity index (χ1n) is 10.2. The largest absolute Gasteiger partial charge is 0.484 e. The van der Waals surface area contributed by atoms with Crippen LogP contribution in [0.2, 0.25) is 0 Å². The Morgan fingerprint density at radius 3 is 2.64 bits per heavy atom. The van der Waals surface area contributed by atoms with Crippen LogP contribution in [0.4, 0.5) is 5.69 Å². The molecular formula is C23H28N2O2S. The van der Waals surface area contributed by atoms with Crippen molar-refractivity contribution in [1.29, 1.82) is 0 Å². The minimum atomic E-state index is -0.126. The lowest BCUT2D eigenvalue weighted by atomic mass is 10.1. The fraction of sp³-hybridized carbons (Fsp3) is 0.435. The molecule has 2 aliphatic rings. The molecule has 1 saturated heterocycles. The third-order valence-corrected chi connectivity index (χ3v) is 6.44. The van der Waals surface area contributed by atoms with Crippen molar-refractivity contribution in [1.82, 2.24) is 4.90 Å². The smallest absolute Gasteiger partial charge is 0.262 e. The maximum Gasteiger partial charge on any atom is 0.262 e. The van der Waals surface area contributed by atoms with Gasteiger partial charge in [-0.25, -0.2) is 0 Å². The maximum atomic E-state index is 12.2. The Bertz CT molecular complexity index is 801. The van der Waals surface area contributed by atoms with E-state index >= 15 is 0 Å². The van der Waals surface area contributed by atoms with Crippen LogP contribution in [0.3, 0.4) is 0 Å². The van der Waals surface area contributed by atoms with Gasteiger partial charge in [0.25, 0.3) is 5.91 Å². The summed E-state index contributed by atoms with van der Waals surface area (Å²) >= 11 is 2.04. The number of hydrogen-bond acceptors (Lipinski definition) is 4. The molecule has 28 heavy (non-hydrogen) atoms. The average molecular weight is 397 g/mol. The van der Waals surface area contributed by atoms with Gasteiger partial charge in [0.2, 0.25) is 0 Å². The van der Waals surface area contributed by atoms with Gasteiger partial charge in [0, 0.05) is 36.8 Å². The minimum absolute atomic E-state index is 0.0352. The Balaban J connectivity index is 1.21. The zero-order valence-electron chi connectivity index (χ0n) is 16.3. The first-order chi connectivity index (χ1) is 13.8. The molecule has 1 aliphatic carbocycles. The van der Waals surface area contributed by atoms with Gasteiger partial charge in [0.15, 0.2) is 6.61 Å². The van der Waals surface area contributed by atoms with Gasteiger partial charge in [0.1, 0.15) is 5.75 Å². The summed E-state index contributed by atoms with van der Waals surface area (Å²) < 4.78 is 5.68. The van der Waals surface area contributed by atoms with Crippen molar-refractivity contribution in [2.24, 2.45) is 0 Å². The van der Waals surface area contributed by atoms with Crippen LogP contribution in [-0.4, -0.2) is 48.6 Å². The number of carbonyl (C=O) groups is 1. The molecule has 148 valence electrons. The maximum absolute atomic E-state index is 12.2. The summed E-state index contributed by atoms with van der Waals surface area (Å²) in [6.45, 7) is 3.54. The molecule has 0 unspecified atom stereocenters. The van der Waals surface area contributed by atoms with Crippen LogP contribution in [0.5, 0.6) is 5.75 Å². The molecule has 1 aliphatic heterocycles. The first kappa shape index (κ1) is 19.3. The average Bonchev–Trinajstić information content (AvgIpc) is 3.20. The number of aryl methyl sites for hydroxylation is 2. The Kier molecular flexibility index (Phi) is 6.55. The lowest BCUT2D eigenvalue weighted by Gasteiger charge is -2.26. The monoisotopic (exact) mass is 396 g/mol. The molecule has 2 aromatic carbocycles. The van der Waals surface area contributed by atoms with Crippen molar-refractivity contribution in [3.63, 3.8) is 0 Å². The Hall–Kier alpha value is -1.98. The number of benzene rings is 2. The zero-order valence-corrected chi connectivity index (χ0v) is 17.1. The summed E-state index contributed by atoms with van der Waals surface area (Å²) in [7, 11) is 0. The van der Waals surface area contributed by atoms with E-state index in [1.54, 1.807) is 0 Å². The van der Waals surface area contributed by atoms with Gasteiger partial charge in [-0.05, 0) is 66.6 Å². The lowest BCUT2D eigenvalue weighted by Crippen LogP contribution is -2.34. The normalized spacial score (nSPS) is 16.6. The molecule has 0 spiro atoms. The molecule has 1 amide bonds. The SMILES string of the molecule is O=C(COc1ccc2c(c1)CCC2)Nc1ccc(CCN2CCSCC2)cc1. The third-order valence-electron chi connectivity index (χ3n) is 5.50. The van der Waals surface area contributed by atoms with Crippen LogP contribution >= 0.6 is 11.8 Å². The summed E-state index contributed by atoms with van der Waals surface area (Å²) in [5.74, 6) is 3.15. The van der Waals surface area contributed by atoms with E-state index in [-0.39, 0.29) is 12.5 Å². The summed E-state index contributed by atoms with van der Waals surface area (Å²) in [5, 5.41) is 2.92. The van der Waals surface area contributed by atoms with Crippen molar-refractivity contribution < 1.29 is 9.53 Å². The van der Waals surface area contributed by atoms with Crippen molar-refractivity contribution in [2.45, 2.75) is 25.7 Å². The summed E-state index contributed by atoms with van der Waals surface area (Å²) in [6.07, 6.45) is 4.54. The highest BCUT2D eigenvalue weighted by Gasteiger charge is 2.12. The minimum Gasteiger partial charge on any atom is -0.484 e. The number of amides is 1. The molecule has 5 heteroatoms. The predicted molar refractivity (Wildman–Crippen MR) is 117 cm³/mol. The van der Waals surface area contributed by atoms with E-state index < -0.39 is 0 Å². The fourth-order valence-corrected chi connectivity index (χ4v) is 4.83. The number of nitrogens with zero attached hydrogens (tertiary/aromatic N) is 1. The van der Waals surface area contributed by atoms with E-state index in [2.05, 4.69) is 34.5 Å². The van der Waals surface area contributed by atoms with E-state index in [0.29, 0.717) is 0 Å². The fourth-order valence-electron chi connectivity index (χ4n) is 3.85. The molecule has 1 heterocycles. The number of rotatable bonds is 7. The van der Waals surface area contributed by atoms with Gasteiger partial charge < -0.3 is 15.0 Å². The molecule has 4 nitrogen and oxygen atoms in total. The van der Waals surface area contributed by atoms with Gasteiger partial charge in [-0.3, -0.25) is 4.79 Å². The molecular weight excluding hydrogens is 368 g/mol. The molecule has 0 atom stereocenters. The van der Waals surface area contributed by atoms with Crippen molar-refractivity contribution in [3.05, 3.63) is 59.2 Å². The summed E-state index contributed by atoms with van der Waals surface area (Å²) in [5.41, 5.74) is 4.90. The molecule has 0 aromatic heterocycles. The number of hydrogen-bond donors (Lipinski definition) is 1. The van der Waals surface area contributed by atoms with Crippen LogP contribution in [0.1, 0.15) is 23.1 Å². The molecule has 2 aromatic rings.